The van der Waals surface area contributed by atoms with Gasteiger partial charge >= 0.3 is 0 Å². The molecular weight excluding hydrogens is 1170 g/mol. The van der Waals surface area contributed by atoms with E-state index in [1.54, 1.807) is 0 Å². The Labute approximate surface area is 512 Å². The molecule has 29 unspecified atom stereocenters. The third-order valence-electron chi connectivity index (χ3n) is 22.8. The van der Waals surface area contributed by atoms with E-state index in [0.29, 0.717) is 25.2 Å². The van der Waals surface area contributed by atoms with Gasteiger partial charge in [-0.3, -0.25) is 0 Å². The van der Waals surface area contributed by atoms with E-state index in [0.717, 1.165) is 57.8 Å². The fourth-order valence-electron chi connectivity index (χ4n) is 17.0. The summed E-state index contributed by atoms with van der Waals surface area (Å²) < 4.78 is 60.4. The summed E-state index contributed by atoms with van der Waals surface area (Å²) in [7, 11) is 0. The van der Waals surface area contributed by atoms with E-state index < -0.39 is 191 Å². The molecule has 510 valence electrons. The zero-order chi connectivity index (χ0) is 64.6. The Morgan fingerprint density at radius 1 is 0.557 bits per heavy atom. The van der Waals surface area contributed by atoms with Crippen molar-refractivity contribution in [1.82, 2.24) is 0 Å². The van der Waals surface area contributed by atoms with Crippen molar-refractivity contribution in [3.63, 3.8) is 0 Å². The minimum atomic E-state index is -3.67. The number of fused-ring (bicyclic) bond motifs is 5. The maximum absolute atomic E-state index is 12.1. The van der Waals surface area contributed by atoms with Crippen LogP contribution in [0.3, 0.4) is 0 Å². The lowest BCUT2D eigenvalue weighted by Gasteiger charge is -2.66. The van der Waals surface area contributed by atoms with Crippen LogP contribution in [0.1, 0.15) is 138 Å². The number of hydrogen-bond donors (Lipinski definition) is 18. The van der Waals surface area contributed by atoms with Gasteiger partial charge in [0.1, 0.15) is 92.1 Å². The van der Waals surface area contributed by atoms with Crippen molar-refractivity contribution in [2.45, 2.75) is 290 Å². The Bertz CT molecular complexity index is 2340. The van der Waals surface area contributed by atoms with Crippen LogP contribution in [0.2, 0.25) is 0 Å². The van der Waals surface area contributed by atoms with Crippen LogP contribution >= 0.6 is 0 Å². The Balaban J connectivity index is 0.885. The minimum Gasteiger partial charge on any atom is -0.394 e. The molecule has 5 heterocycles. The van der Waals surface area contributed by atoms with Gasteiger partial charge in [-0.15, -0.1) is 0 Å². The maximum Gasteiger partial charge on any atom is 0.253 e. The molecular formula is C60H102O28. The summed E-state index contributed by atoms with van der Waals surface area (Å²) in [6.07, 6.45) is -21.1. The van der Waals surface area contributed by atoms with Crippen molar-refractivity contribution in [1.29, 1.82) is 0 Å². The van der Waals surface area contributed by atoms with Gasteiger partial charge in [-0.05, 0) is 112 Å². The van der Waals surface area contributed by atoms with Crippen LogP contribution in [-0.4, -0.2) is 277 Å². The van der Waals surface area contributed by atoms with Crippen LogP contribution in [0.5, 0.6) is 0 Å². The predicted octanol–water partition coefficient (Wildman–Crippen LogP) is -3.19. The zero-order valence-corrected chi connectivity index (χ0v) is 51.5. The van der Waals surface area contributed by atoms with E-state index in [1.165, 1.54) is 12.5 Å². The van der Waals surface area contributed by atoms with E-state index in [2.05, 4.69) is 40.7 Å². The molecule has 18 N–H and O–H groups in total. The molecule has 28 heteroatoms. The smallest absolute Gasteiger partial charge is 0.253 e. The van der Waals surface area contributed by atoms with Gasteiger partial charge in [0.2, 0.25) is 0 Å². The molecule has 0 amide bonds. The lowest BCUT2D eigenvalue weighted by Crippen LogP contribution is -2.75. The summed E-state index contributed by atoms with van der Waals surface area (Å²) in [6.45, 7) is 11.3. The molecule has 3 saturated carbocycles. The maximum atomic E-state index is 12.1. The molecule has 29 atom stereocenters. The molecule has 28 nitrogen and oxygen atoms in total. The van der Waals surface area contributed by atoms with Gasteiger partial charge in [-0.1, -0.05) is 66.0 Å². The highest BCUT2D eigenvalue weighted by Gasteiger charge is 2.69. The molecule has 0 aromatic rings. The molecule has 0 aromatic heterocycles. The average Bonchev–Trinajstić information content (AvgIpc) is 1.35. The minimum absolute atomic E-state index is 0.0806. The Hall–Kier alpha value is -1.38. The Morgan fingerprint density at radius 2 is 1.14 bits per heavy atom. The first kappa shape index (κ1) is 70.9. The molecule has 0 bridgehead atoms. The second-order valence-corrected chi connectivity index (χ2v) is 28.3. The highest BCUT2D eigenvalue weighted by atomic mass is 16.8. The lowest BCUT2D eigenvalue weighted by molar-refractivity contribution is -0.485. The quantitative estimate of drug-likeness (QED) is 0.0398. The summed E-state index contributed by atoms with van der Waals surface area (Å²) in [4.78, 5) is 0. The van der Waals surface area contributed by atoms with Crippen LogP contribution in [0.4, 0.5) is 0 Å². The fourth-order valence-corrected chi connectivity index (χ4v) is 17.0. The van der Waals surface area contributed by atoms with Crippen molar-refractivity contribution in [3.8, 4) is 0 Å². The van der Waals surface area contributed by atoms with Crippen molar-refractivity contribution in [3.05, 3.63) is 11.6 Å². The first-order valence-corrected chi connectivity index (χ1v) is 31.6. The number of aliphatic hydroxyl groups excluding tert-OH is 13. The first-order chi connectivity index (χ1) is 41.1. The molecule has 8 fully saturated rings. The van der Waals surface area contributed by atoms with Crippen LogP contribution in [0.15, 0.2) is 11.6 Å². The van der Waals surface area contributed by atoms with Gasteiger partial charge in [0, 0.05) is 11.8 Å². The number of hydrogen-bond acceptors (Lipinski definition) is 28. The monoisotopic (exact) mass is 1270 g/mol. The predicted molar refractivity (Wildman–Crippen MR) is 298 cm³/mol. The van der Waals surface area contributed by atoms with Gasteiger partial charge in [-0.25, -0.2) is 0 Å². The molecule has 4 aliphatic carbocycles. The summed E-state index contributed by atoms with van der Waals surface area (Å²) >= 11 is 0. The molecule has 9 aliphatic rings. The lowest BCUT2D eigenvalue weighted by atomic mass is 9.39. The number of aliphatic hydroxyl groups is 18. The highest BCUT2D eigenvalue weighted by Crippen LogP contribution is 2.75. The van der Waals surface area contributed by atoms with Gasteiger partial charge in [0.15, 0.2) is 42.8 Å². The summed E-state index contributed by atoms with van der Waals surface area (Å²) in [5.74, 6) is -10.6. The zero-order valence-electron chi connectivity index (χ0n) is 51.5. The van der Waals surface area contributed by atoms with Crippen molar-refractivity contribution in [2.75, 3.05) is 33.0 Å². The van der Waals surface area contributed by atoms with E-state index >= 15 is 0 Å². The van der Waals surface area contributed by atoms with Gasteiger partial charge in [0.25, 0.3) is 11.6 Å². The fraction of sp³-hybridized carbons (Fsp3) is 0.967. The van der Waals surface area contributed by atoms with E-state index in [-0.39, 0.29) is 40.9 Å². The van der Waals surface area contributed by atoms with Gasteiger partial charge in [-0.2, -0.15) is 0 Å². The number of allylic oxidation sites excluding steroid dienone is 1. The normalized spacial score (nSPS) is 50.3. The van der Waals surface area contributed by atoms with Crippen LogP contribution in [-0.2, 0) is 47.4 Å². The summed E-state index contributed by atoms with van der Waals surface area (Å²) in [5, 5.41) is 191. The average molecular weight is 1270 g/mol. The summed E-state index contributed by atoms with van der Waals surface area (Å²) in [5.41, 5.74) is 0.428. The van der Waals surface area contributed by atoms with Gasteiger partial charge in [0.05, 0.1) is 38.6 Å². The molecule has 88 heavy (non-hydrogen) atoms. The summed E-state index contributed by atoms with van der Waals surface area (Å²) in [6, 6.07) is 0. The number of ether oxygens (including phenoxy) is 10. The SMILES string of the molecule is CCCCC(CCC1CCC2(C)C3CC=C4C(CCC(OC5OC(COC6OC(CO)C(O)C(O)C6O)C(O)C(O)C5O)C4(C)C)C3(C)CCC12C)OC1(COC2OC(CO)C(O)C(O)C2O)CCC(OC2OC(CO)C(O)(O)C(O)(O)C2O)C(C)(O)O1. The number of unbranched alkanes of at least 4 members (excludes halogenated alkanes) is 1. The molecule has 0 spiro atoms. The van der Waals surface area contributed by atoms with Crippen LogP contribution in [0.25, 0.3) is 0 Å². The first-order valence-electron chi connectivity index (χ1n) is 31.6. The van der Waals surface area contributed by atoms with Crippen molar-refractivity contribution < 1.29 is 139 Å². The third-order valence-corrected chi connectivity index (χ3v) is 22.8. The second-order valence-electron chi connectivity index (χ2n) is 28.3. The van der Waals surface area contributed by atoms with Crippen LogP contribution < -0.4 is 0 Å². The van der Waals surface area contributed by atoms with Crippen molar-refractivity contribution in [2.24, 2.45) is 39.4 Å². The largest absolute Gasteiger partial charge is 0.394 e. The Kier molecular flexibility index (Phi) is 21.5. The van der Waals surface area contributed by atoms with E-state index in [4.69, 9.17) is 47.4 Å². The third kappa shape index (κ3) is 12.6. The molecule has 0 radical (unpaired) electrons. The molecule has 9 rings (SSSR count). The Morgan fingerprint density at radius 3 is 1.73 bits per heavy atom. The molecule has 0 aromatic carbocycles. The highest BCUT2D eigenvalue weighted by molar-refractivity contribution is 5.30. The van der Waals surface area contributed by atoms with E-state index in [1.807, 2.05) is 6.92 Å². The molecule has 5 saturated heterocycles. The van der Waals surface area contributed by atoms with Crippen molar-refractivity contribution >= 4 is 0 Å². The van der Waals surface area contributed by atoms with E-state index in [9.17, 15) is 91.9 Å². The standard InChI is InChI=1S/C60H102O28/c1-8-9-10-29(87-58(27-80-50-46(71)43(68)40(65)33(24-62)82-50)20-18-37(57(7,74)88-58)85-52-48(73)60(77,78)59(75,76)38(25-63)86-52)12-11-28-17-19-56(6)35-15-13-30-31(54(35,4)21-22-55(28,56)5)14-16-36(53(30,2)3)84-51-47(72)44(69)41(66)34(83-51)26-79-49-45(70)42(67)39(64)32(23-61)81-49/h13,28-29,31-52,61-78H,8-12,14-27H2,1-7H3. The van der Waals surface area contributed by atoms with Gasteiger partial charge < -0.3 is 139 Å². The molecule has 5 aliphatic heterocycles. The number of rotatable bonds is 21. The second kappa shape index (κ2) is 26.7. The topological polar surface area (TPSA) is 456 Å². The van der Waals surface area contributed by atoms with Crippen LogP contribution in [0, 0.1) is 39.4 Å².